The number of hydrogen-bond donors (Lipinski definition) is 1. The molecule has 1 aromatic rings. The highest BCUT2D eigenvalue weighted by Crippen LogP contribution is 2.30. The maximum atomic E-state index is 12.1. The van der Waals surface area contributed by atoms with Crippen molar-refractivity contribution in [3.63, 3.8) is 0 Å². The summed E-state index contributed by atoms with van der Waals surface area (Å²) >= 11 is 11.8. The zero-order valence-corrected chi connectivity index (χ0v) is 20.3. The number of nitrogens with two attached hydrogens (primary N) is 1. The molecule has 0 spiro atoms. The number of unbranched alkanes of at least 4 members (excludes halogenated alkanes) is 3. The molecule has 1 rings (SSSR count). The Labute approximate surface area is 197 Å². The third kappa shape index (κ3) is 11.4. The number of ether oxygens (including phenoxy) is 2. The molecule has 9 heteroatoms. The van der Waals surface area contributed by atoms with Crippen LogP contribution in [-0.4, -0.2) is 50.6 Å². The van der Waals surface area contributed by atoms with Gasteiger partial charge in [-0.05, 0) is 30.5 Å². The summed E-state index contributed by atoms with van der Waals surface area (Å²) in [5, 5.41) is 0. The van der Waals surface area contributed by atoms with Gasteiger partial charge in [0.05, 0.1) is 19.4 Å². The fourth-order valence-corrected chi connectivity index (χ4v) is 3.22. The van der Waals surface area contributed by atoms with Gasteiger partial charge in [0.25, 0.3) is 0 Å². The molecule has 2 N–H and O–H groups in total. The van der Waals surface area contributed by atoms with Gasteiger partial charge in [0.15, 0.2) is 0 Å². The minimum absolute atomic E-state index is 0. The van der Waals surface area contributed by atoms with E-state index in [9.17, 15) is 4.79 Å². The number of esters is 1. The molecule has 0 aliphatic carbocycles. The smallest absolute Gasteiger partial charge is 0.323 e. The van der Waals surface area contributed by atoms with Crippen molar-refractivity contribution < 1.29 is 14.3 Å². The molecule has 0 aliphatic rings. The first kappa shape index (κ1) is 30.6. The summed E-state index contributed by atoms with van der Waals surface area (Å²) in [6.45, 7) is 3.88. The van der Waals surface area contributed by atoms with Gasteiger partial charge in [-0.2, -0.15) is 0 Å². The second-order valence-corrected chi connectivity index (χ2v) is 7.17. The van der Waals surface area contributed by atoms with E-state index in [1.54, 1.807) is 7.11 Å². The van der Waals surface area contributed by atoms with Crippen molar-refractivity contribution in [2.45, 2.75) is 45.1 Å². The Bertz CT molecular complexity index is 559. The molecule has 1 unspecified atom stereocenters. The van der Waals surface area contributed by atoms with Crippen molar-refractivity contribution in [3.8, 4) is 5.75 Å². The van der Waals surface area contributed by atoms with Gasteiger partial charge in [0, 0.05) is 24.8 Å². The molecule has 0 bridgehead atoms. The molecule has 0 aromatic heterocycles. The van der Waals surface area contributed by atoms with Crippen LogP contribution in [-0.2, 0) is 16.0 Å². The number of hydrogen-bond acceptors (Lipinski definition) is 5. The van der Waals surface area contributed by atoms with E-state index in [-0.39, 0.29) is 30.8 Å². The number of halogens is 4. The van der Waals surface area contributed by atoms with Crippen LogP contribution in [0.3, 0.4) is 0 Å². The lowest BCUT2D eigenvalue weighted by molar-refractivity contribution is -0.145. The lowest BCUT2D eigenvalue weighted by Gasteiger charge is -2.25. The summed E-state index contributed by atoms with van der Waals surface area (Å²) in [7, 11) is 1.62. The molecule has 0 saturated carbocycles. The average molecular weight is 492 g/mol. The second-order valence-electron chi connectivity index (χ2n) is 6.41. The van der Waals surface area contributed by atoms with Crippen LogP contribution in [0.15, 0.2) is 18.2 Å². The van der Waals surface area contributed by atoms with E-state index in [1.165, 1.54) is 0 Å². The van der Waals surface area contributed by atoms with Gasteiger partial charge in [0.1, 0.15) is 11.8 Å². The monoisotopic (exact) mass is 490 g/mol. The largest absolute Gasteiger partial charge is 0.495 e. The summed E-state index contributed by atoms with van der Waals surface area (Å²) in [4.78, 5) is 14.2. The predicted molar refractivity (Wildman–Crippen MR) is 128 cm³/mol. The Kier molecular flexibility index (Phi) is 19.2. The van der Waals surface area contributed by atoms with E-state index in [4.69, 9.17) is 38.4 Å². The number of nitrogens with zero attached hydrogens (tertiary/aromatic N) is 1. The van der Waals surface area contributed by atoms with E-state index >= 15 is 0 Å². The van der Waals surface area contributed by atoms with Crippen LogP contribution in [0.2, 0.25) is 0 Å². The topological polar surface area (TPSA) is 64.8 Å². The van der Waals surface area contributed by atoms with Crippen LogP contribution in [0.5, 0.6) is 5.75 Å². The van der Waals surface area contributed by atoms with E-state index in [1.807, 2.05) is 18.2 Å². The Hall–Kier alpha value is -0.590. The second kappa shape index (κ2) is 18.2. The Morgan fingerprint density at radius 1 is 1.14 bits per heavy atom. The molecule has 0 saturated heterocycles. The summed E-state index contributed by atoms with van der Waals surface area (Å²) in [6.07, 6.45) is 4.65. The van der Waals surface area contributed by atoms with Crippen LogP contribution in [0.1, 0.15) is 38.2 Å². The lowest BCUT2D eigenvalue weighted by Crippen LogP contribution is -2.34. The van der Waals surface area contributed by atoms with Gasteiger partial charge in [-0.15, -0.1) is 48.0 Å². The molecular formula is C20H34Cl4N2O3. The standard InChI is InChI=1S/C20H32Cl2N2O3.2ClH/c1-3-4-5-6-13-27-20(25)17(23)14-16-7-8-19(26-2)18(15-16)24(11-9-21)12-10-22;;/h7-8,15,17H,3-6,9-14,23H2,1-2H3;2*1H. The first-order valence-electron chi connectivity index (χ1n) is 9.53. The summed E-state index contributed by atoms with van der Waals surface area (Å²) in [5.41, 5.74) is 7.88. The molecule has 170 valence electrons. The molecule has 0 aliphatic heterocycles. The van der Waals surface area contributed by atoms with Crippen molar-refractivity contribution >= 4 is 59.7 Å². The van der Waals surface area contributed by atoms with Crippen molar-refractivity contribution in [1.29, 1.82) is 0 Å². The molecule has 1 aromatic carbocycles. The fraction of sp³-hybridized carbons (Fsp3) is 0.650. The highest BCUT2D eigenvalue weighted by molar-refractivity contribution is 6.18. The van der Waals surface area contributed by atoms with E-state index in [0.29, 0.717) is 37.9 Å². The number of methoxy groups -OCH3 is 1. The van der Waals surface area contributed by atoms with Crippen molar-refractivity contribution in [1.82, 2.24) is 0 Å². The average Bonchev–Trinajstić information content (AvgIpc) is 2.67. The summed E-state index contributed by atoms with van der Waals surface area (Å²) < 4.78 is 10.7. The molecule has 5 nitrogen and oxygen atoms in total. The van der Waals surface area contributed by atoms with Crippen LogP contribution < -0.4 is 15.4 Å². The van der Waals surface area contributed by atoms with Crippen LogP contribution in [0.4, 0.5) is 5.69 Å². The third-order valence-electron chi connectivity index (χ3n) is 4.29. The maximum absolute atomic E-state index is 12.1. The molecule has 29 heavy (non-hydrogen) atoms. The van der Waals surface area contributed by atoms with Gasteiger partial charge in [-0.3, -0.25) is 4.79 Å². The summed E-state index contributed by atoms with van der Waals surface area (Å²) in [6, 6.07) is 5.08. The lowest BCUT2D eigenvalue weighted by atomic mass is 10.0. The number of carbonyl (C=O) groups is 1. The minimum atomic E-state index is -0.688. The predicted octanol–water partition coefficient (Wildman–Crippen LogP) is 4.82. The minimum Gasteiger partial charge on any atom is -0.495 e. The quantitative estimate of drug-likeness (QED) is 0.229. The molecule has 1 atom stereocenters. The normalized spacial score (nSPS) is 11.1. The number of benzene rings is 1. The number of carbonyl (C=O) groups excluding carboxylic acids is 1. The van der Waals surface area contributed by atoms with Crippen LogP contribution >= 0.6 is 48.0 Å². The number of anilines is 1. The Balaban J connectivity index is 0. The zero-order valence-electron chi connectivity index (χ0n) is 17.2. The zero-order chi connectivity index (χ0) is 20.1. The summed E-state index contributed by atoms with van der Waals surface area (Å²) in [5.74, 6) is 1.34. The Morgan fingerprint density at radius 2 is 1.79 bits per heavy atom. The van der Waals surface area contributed by atoms with Gasteiger partial charge in [-0.1, -0.05) is 32.3 Å². The number of alkyl halides is 2. The molecule has 0 amide bonds. The van der Waals surface area contributed by atoms with Gasteiger partial charge >= 0.3 is 5.97 Å². The van der Waals surface area contributed by atoms with E-state index in [0.717, 1.165) is 42.7 Å². The molecule has 0 radical (unpaired) electrons. The molecule has 0 heterocycles. The SMILES string of the molecule is CCCCCCOC(=O)C(N)Cc1ccc(OC)c(N(CCCl)CCCl)c1.Cl.Cl. The first-order chi connectivity index (χ1) is 13.1. The third-order valence-corrected chi connectivity index (χ3v) is 4.63. The van der Waals surface area contributed by atoms with Gasteiger partial charge < -0.3 is 20.1 Å². The highest BCUT2D eigenvalue weighted by atomic mass is 35.5. The van der Waals surface area contributed by atoms with Crippen molar-refractivity contribution in [2.24, 2.45) is 5.73 Å². The number of rotatable bonds is 14. The molecular weight excluding hydrogens is 458 g/mol. The van der Waals surface area contributed by atoms with Crippen molar-refractivity contribution in [3.05, 3.63) is 23.8 Å². The highest BCUT2D eigenvalue weighted by Gasteiger charge is 2.18. The van der Waals surface area contributed by atoms with Gasteiger partial charge in [0.2, 0.25) is 0 Å². The van der Waals surface area contributed by atoms with Crippen LogP contribution in [0, 0.1) is 0 Å². The van der Waals surface area contributed by atoms with Crippen LogP contribution in [0.25, 0.3) is 0 Å². The first-order valence-corrected chi connectivity index (χ1v) is 10.6. The Morgan fingerprint density at radius 3 is 2.34 bits per heavy atom. The fourth-order valence-electron chi connectivity index (χ4n) is 2.81. The maximum Gasteiger partial charge on any atom is 0.323 e. The van der Waals surface area contributed by atoms with E-state index < -0.39 is 6.04 Å². The van der Waals surface area contributed by atoms with E-state index in [2.05, 4.69) is 11.8 Å². The molecule has 0 fully saturated rings. The van der Waals surface area contributed by atoms with Gasteiger partial charge in [-0.25, -0.2) is 0 Å². The van der Waals surface area contributed by atoms with Crippen molar-refractivity contribution in [2.75, 3.05) is 43.5 Å².